The zero-order chi connectivity index (χ0) is 18.7. The predicted octanol–water partition coefficient (Wildman–Crippen LogP) is 4.79. The van der Waals surface area contributed by atoms with Crippen molar-refractivity contribution in [3.05, 3.63) is 65.2 Å². The number of carbonyl (C=O) groups excluding carboxylic acids is 2. The van der Waals surface area contributed by atoms with Gasteiger partial charge in [-0.05, 0) is 62.2 Å². The zero-order valence-electron chi connectivity index (χ0n) is 15.0. The molecule has 0 fully saturated rings. The highest BCUT2D eigenvalue weighted by Gasteiger charge is 2.09. The average molecular weight is 364 g/mol. The van der Waals surface area contributed by atoms with E-state index in [1.54, 1.807) is 24.3 Å². The van der Waals surface area contributed by atoms with E-state index in [0.717, 1.165) is 27.1 Å². The molecular weight excluding hydrogens is 344 g/mol. The SMILES string of the molecule is CC(=O)c1ccc(NC(=O)CSc2nc3c(C)cccc3cc2C)cc1. The lowest BCUT2D eigenvalue weighted by Gasteiger charge is -2.09. The van der Waals surface area contributed by atoms with E-state index in [0.29, 0.717) is 11.3 Å². The number of aryl methyl sites for hydroxylation is 2. The second-order valence-corrected chi connectivity index (χ2v) is 7.19. The van der Waals surface area contributed by atoms with Gasteiger partial charge in [0.2, 0.25) is 5.91 Å². The van der Waals surface area contributed by atoms with Crippen molar-refractivity contribution in [3.8, 4) is 0 Å². The minimum absolute atomic E-state index is 0.00609. The van der Waals surface area contributed by atoms with Gasteiger partial charge in [-0.2, -0.15) is 0 Å². The molecule has 1 aromatic heterocycles. The van der Waals surface area contributed by atoms with Crippen LogP contribution in [0.15, 0.2) is 53.6 Å². The molecule has 4 nitrogen and oxygen atoms in total. The standard InChI is InChI=1S/C21H20N2O2S/c1-13-5-4-6-17-11-14(2)21(23-20(13)17)26-12-19(25)22-18-9-7-16(8-10-18)15(3)24/h4-11H,12H2,1-3H3,(H,22,25). The highest BCUT2D eigenvalue weighted by Crippen LogP contribution is 2.26. The minimum atomic E-state index is -0.100. The van der Waals surface area contributed by atoms with E-state index in [9.17, 15) is 9.59 Å². The largest absolute Gasteiger partial charge is 0.325 e. The molecule has 0 aliphatic heterocycles. The molecule has 0 saturated heterocycles. The summed E-state index contributed by atoms with van der Waals surface area (Å²) < 4.78 is 0. The first-order valence-electron chi connectivity index (χ1n) is 8.34. The van der Waals surface area contributed by atoms with Gasteiger partial charge in [-0.3, -0.25) is 9.59 Å². The molecule has 1 amide bonds. The molecule has 0 atom stereocenters. The maximum atomic E-state index is 12.2. The smallest absolute Gasteiger partial charge is 0.234 e. The first-order valence-corrected chi connectivity index (χ1v) is 9.33. The van der Waals surface area contributed by atoms with Gasteiger partial charge < -0.3 is 5.32 Å². The van der Waals surface area contributed by atoms with Crippen LogP contribution in [0.2, 0.25) is 0 Å². The van der Waals surface area contributed by atoms with E-state index in [1.807, 2.05) is 32.0 Å². The van der Waals surface area contributed by atoms with Crippen molar-refractivity contribution < 1.29 is 9.59 Å². The third-order valence-electron chi connectivity index (χ3n) is 4.11. The third kappa shape index (κ3) is 4.11. The van der Waals surface area contributed by atoms with Crippen molar-refractivity contribution in [2.75, 3.05) is 11.1 Å². The van der Waals surface area contributed by atoms with E-state index in [4.69, 9.17) is 4.98 Å². The number of aromatic nitrogens is 1. The lowest BCUT2D eigenvalue weighted by atomic mass is 10.1. The van der Waals surface area contributed by atoms with E-state index in [2.05, 4.69) is 11.4 Å². The van der Waals surface area contributed by atoms with E-state index >= 15 is 0 Å². The summed E-state index contributed by atoms with van der Waals surface area (Å²) in [4.78, 5) is 28.2. The van der Waals surface area contributed by atoms with Gasteiger partial charge in [0, 0.05) is 16.6 Å². The number of carbonyl (C=O) groups is 2. The first kappa shape index (κ1) is 18.1. The van der Waals surface area contributed by atoms with Crippen molar-refractivity contribution in [1.29, 1.82) is 0 Å². The summed E-state index contributed by atoms with van der Waals surface area (Å²) >= 11 is 1.43. The van der Waals surface area contributed by atoms with Crippen LogP contribution in [0.1, 0.15) is 28.4 Å². The second-order valence-electron chi connectivity index (χ2n) is 6.23. The van der Waals surface area contributed by atoms with Gasteiger partial charge in [-0.25, -0.2) is 4.98 Å². The Bertz CT molecular complexity index is 981. The molecule has 0 saturated carbocycles. The molecule has 5 heteroatoms. The molecule has 26 heavy (non-hydrogen) atoms. The Hall–Kier alpha value is -2.66. The van der Waals surface area contributed by atoms with E-state index in [1.165, 1.54) is 18.7 Å². The lowest BCUT2D eigenvalue weighted by molar-refractivity contribution is -0.113. The fraction of sp³-hybridized carbons (Fsp3) is 0.190. The predicted molar refractivity (Wildman–Crippen MR) is 107 cm³/mol. The van der Waals surface area contributed by atoms with Gasteiger partial charge in [0.1, 0.15) is 5.03 Å². The number of para-hydroxylation sites is 1. The Balaban J connectivity index is 1.67. The fourth-order valence-electron chi connectivity index (χ4n) is 2.70. The van der Waals surface area contributed by atoms with E-state index in [-0.39, 0.29) is 17.4 Å². The van der Waals surface area contributed by atoms with Crippen molar-refractivity contribution in [2.45, 2.75) is 25.8 Å². The molecule has 0 unspecified atom stereocenters. The van der Waals surface area contributed by atoms with Gasteiger partial charge in [-0.15, -0.1) is 0 Å². The highest BCUT2D eigenvalue weighted by atomic mass is 32.2. The van der Waals surface area contributed by atoms with Crippen LogP contribution in [0.25, 0.3) is 10.9 Å². The van der Waals surface area contributed by atoms with Gasteiger partial charge in [0.05, 0.1) is 11.3 Å². The summed E-state index contributed by atoms with van der Waals surface area (Å²) in [5.41, 5.74) is 4.47. The van der Waals surface area contributed by atoms with Crippen LogP contribution in [-0.4, -0.2) is 22.4 Å². The highest BCUT2D eigenvalue weighted by molar-refractivity contribution is 8.00. The molecule has 0 bridgehead atoms. The van der Waals surface area contributed by atoms with Gasteiger partial charge in [0.15, 0.2) is 5.78 Å². The number of nitrogens with zero attached hydrogens (tertiary/aromatic N) is 1. The van der Waals surface area contributed by atoms with Gasteiger partial charge in [-0.1, -0.05) is 30.0 Å². The van der Waals surface area contributed by atoms with Crippen molar-refractivity contribution in [3.63, 3.8) is 0 Å². The van der Waals surface area contributed by atoms with E-state index < -0.39 is 0 Å². The third-order valence-corrected chi connectivity index (χ3v) is 5.20. The molecule has 132 valence electrons. The maximum absolute atomic E-state index is 12.2. The summed E-state index contributed by atoms with van der Waals surface area (Å²) in [6.07, 6.45) is 0. The summed E-state index contributed by atoms with van der Waals surface area (Å²) in [6, 6.07) is 15.1. The van der Waals surface area contributed by atoms with Crippen LogP contribution in [0.4, 0.5) is 5.69 Å². The minimum Gasteiger partial charge on any atom is -0.325 e. The molecular formula is C21H20N2O2S. The van der Waals surface area contributed by atoms with Crippen LogP contribution < -0.4 is 5.32 Å². The maximum Gasteiger partial charge on any atom is 0.234 e. The number of ketones is 1. The number of hydrogen-bond donors (Lipinski definition) is 1. The number of nitrogens with one attached hydrogen (secondary N) is 1. The van der Waals surface area contributed by atoms with Crippen LogP contribution in [0.5, 0.6) is 0 Å². The molecule has 0 aliphatic rings. The van der Waals surface area contributed by atoms with Crippen molar-refractivity contribution in [1.82, 2.24) is 4.98 Å². The van der Waals surface area contributed by atoms with Crippen molar-refractivity contribution >= 4 is 40.0 Å². The van der Waals surface area contributed by atoms with Crippen LogP contribution in [0, 0.1) is 13.8 Å². The number of amides is 1. The lowest BCUT2D eigenvalue weighted by Crippen LogP contribution is -2.14. The fourth-order valence-corrected chi connectivity index (χ4v) is 3.48. The van der Waals surface area contributed by atoms with Crippen LogP contribution >= 0.6 is 11.8 Å². The molecule has 0 radical (unpaired) electrons. The molecule has 0 aliphatic carbocycles. The number of benzene rings is 2. The normalized spacial score (nSPS) is 10.7. The monoisotopic (exact) mass is 364 g/mol. The Morgan fingerprint density at radius 2 is 1.77 bits per heavy atom. The Kier molecular flexibility index (Phi) is 5.38. The summed E-state index contributed by atoms with van der Waals surface area (Å²) in [5.74, 6) is 0.183. The summed E-state index contributed by atoms with van der Waals surface area (Å²) in [5, 5.41) is 4.83. The summed E-state index contributed by atoms with van der Waals surface area (Å²) in [7, 11) is 0. The number of hydrogen-bond acceptors (Lipinski definition) is 4. The topological polar surface area (TPSA) is 59.1 Å². The number of thioether (sulfide) groups is 1. The summed E-state index contributed by atoms with van der Waals surface area (Å²) in [6.45, 7) is 5.57. The molecule has 1 heterocycles. The molecule has 2 aromatic carbocycles. The van der Waals surface area contributed by atoms with Gasteiger partial charge in [0.25, 0.3) is 0 Å². The average Bonchev–Trinajstić information content (AvgIpc) is 2.61. The Morgan fingerprint density at radius 3 is 2.46 bits per heavy atom. The van der Waals surface area contributed by atoms with Crippen LogP contribution in [0.3, 0.4) is 0 Å². The molecule has 1 N–H and O–H groups in total. The number of rotatable bonds is 5. The number of fused-ring (bicyclic) bond motifs is 1. The Morgan fingerprint density at radius 1 is 1.04 bits per heavy atom. The number of Topliss-reactive ketones (excluding diaryl/α,β-unsaturated/α-hetero) is 1. The molecule has 3 aromatic rings. The number of pyridine rings is 1. The zero-order valence-corrected chi connectivity index (χ0v) is 15.8. The van der Waals surface area contributed by atoms with Crippen LogP contribution in [-0.2, 0) is 4.79 Å². The Labute approximate surface area is 157 Å². The molecule has 3 rings (SSSR count). The first-order chi connectivity index (χ1) is 12.4. The van der Waals surface area contributed by atoms with Gasteiger partial charge >= 0.3 is 0 Å². The van der Waals surface area contributed by atoms with Crippen molar-refractivity contribution in [2.24, 2.45) is 0 Å². The quantitative estimate of drug-likeness (QED) is 0.522. The molecule has 0 spiro atoms. The second kappa shape index (κ2) is 7.70. The number of anilines is 1.